The van der Waals surface area contributed by atoms with E-state index in [0.29, 0.717) is 0 Å². The van der Waals surface area contributed by atoms with Crippen LogP contribution < -0.4 is 0 Å². The summed E-state index contributed by atoms with van der Waals surface area (Å²) in [6.45, 7) is 4.58. The molecule has 0 spiro atoms. The first-order chi connectivity index (χ1) is 3.55. The molecular weight excluding hydrogens is 110 g/mol. The summed E-state index contributed by atoms with van der Waals surface area (Å²) in [5, 5.41) is 0. The second-order valence-electron chi connectivity index (χ2n) is 2.37. The predicted molar refractivity (Wildman–Crippen MR) is 30.3 cm³/mol. The van der Waals surface area contributed by atoms with Crippen molar-refractivity contribution in [2.24, 2.45) is 5.92 Å². The Labute approximate surface area is 48.9 Å². The number of rotatable bonds is 2. The molecule has 0 aromatic carbocycles. The van der Waals surface area contributed by atoms with Crippen LogP contribution in [0.1, 0.15) is 20.8 Å². The van der Waals surface area contributed by atoms with E-state index in [2.05, 4.69) is 0 Å². The third-order valence-corrected chi connectivity index (χ3v) is 1.08. The van der Waals surface area contributed by atoms with E-state index in [0.717, 1.165) is 0 Å². The van der Waals surface area contributed by atoms with E-state index >= 15 is 0 Å². The van der Waals surface area contributed by atoms with Gasteiger partial charge in [0.2, 0.25) is 0 Å². The lowest BCUT2D eigenvalue weighted by molar-refractivity contribution is 0.138. The minimum absolute atomic E-state index is 0.199. The van der Waals surface area contributed by atoms with Crippen molar-refractivity contribution in [3.8, 4) is 0 Å². The highest BCUT2D eigenvalue weighted by Gasteiger charge is 2.18. The van der Waals surface area contributed by atoms with Crippen molar-refractivity contribution in [3.63, 3.8) is 0 Å². The Bertz CT molecular complexity index is 51.5. The van der Waals surface area contributed by atoms with Crippen molar-refractivity contribution in [1.82, 2.24) is 0 Å². The van der Waals surface area contributed by atoms with Gasteiger partial charge in [-0.2, -0.15) is 0 Å². The van der Waals surface area contributed by atoms with Gasteiger partial charge in [-0.05, 0) is 12.8 Å². The normalized spacial score (nSPS) is 18.8. The van der Waals surface area contributed by atoms with Crippen LogP contribution in [0.3, 0.4) is 0 Å². The highest BCUT2D eigenvalue weighted by atomic mass is 19.2. The van der Waals surface area contributed by atoms with Crippen molar-refractivity contribution in [1.29, 1.82) is 0 Å². The first-order valence-corrected chi connectivity index (χ1v) is 2.84. The van der Waals surface area contributed by atoms with E-state index in [1.54, 1.807) is 13.8 Å². The van der Waals surface area contributed by atoms with Crippen molar-refractivity contribution in [2.45, 2.75) is 33.1 Å². The molecule has 0 aromatic rings. The molecule has 2 heteroatoms. The molecule has 0 aliphatic rings. The van der Waals surface area contributed by atoms with Gasteiger partial charge in [0.05, 0.1) is 0 Å². The molecule has 0 saturated heterocycles. The van der Waals surface area contributed by atoms with Gasteiger partial charge in [-0.25, -0.2) is 8.78 Å². The monoisotopic (exact) mass is 122 g/mol. The maximum absolute atomic E-state index is 12.3. The lowest BCUT2D eigenvalue weighted by atomic mass is 10.1. The summed E-state index contributed by atoms with van der Waals surface area (Å²) >= 11 is 0. The molecule has 0 aliphatic carbocycles. The molecule has 0 amide bonds. The molecule has 0 aromatic heterocycles. The summed E-state index contributed by atoms with van der Waals surface area (Å²) < 4.78 is 24.2. The second kappa shape index (κ2) is 3.00. The van der Waals surface area contributed by atoms with Crippen molar-refractivity contribution in [2.75, 3.05) is 0 Å². The van der Waals surface area contributed by atoms with E-state index in [4.69, 9.17) is 0 Å². The van der Waals surface area contributed by atoms with Gasteiger partial charge in [-0.1, -0.05) is 13.8 Å². The number of hydrogen-bond donors (Lipinski definition) is 0. The molecule has 0 aliphatic heterocycles. The summed E-state index contributed by atoms with van der Waals surface area (Å²) in [4.78, 5) is 0. The van der Waals surface area contributed by atoms with E-state index in [1.165, 1.54) is 6.92 Å². The minimum Gasteiger partial charge on any atom is -0.245 e. The fourth-order valence-electron chi connectivity index (χ4n) is 0.530. The lowest BCUT2D eigenvalue weighted by Gasteiger charge is -2.11. The van der Waals surface area contributed by atoms with E-state index in [9.17, 15) is 8.78 Å². The predicted octanol–water partition coefficient (Wildman–Crippen LogP) is 2.34. The van der Waals surface area contributed by atoms with Crippen molar-refractivity contribution < 1.29 is 8.78 Å². The van der Waals surface area contributed by atoms with Crippen LogP contribution in [0.2, 0.25) is 0 Å². The average Bonchev–Trinajstić information content (AvgIpc) is 1.64. The van der Waals surface area contributed by atoms with Gasteiger partial charge in [0, 0.05) is 0 Å². The van der Waals surface area contributed by atoms with Gasteiger partial charge in [0.1, 0.15) is 12.3 Å². The van der Waals surface area contributed by atoms with Gasteiger partial charge in [-0.3, -0.25) is 0 Å². The number of hydrogen-bond acceptors (Lipinski definition) is 0. The van der Waals surface area contributed by atoms with E-state index in [-0.39, 0.29) is 5.92 Å². The smallest absolute Gasteiger partial charge is 0.133 e. The van der Waals surface area contributed by atoms with Crippen LogP contribution >= 0.6 is 0 Å². The standard InChI is InChI=1S/C6H12F2/c1-4(2)6(8)5(3)7/h4-6H,1-3H3/t5-,6+/m1/s1. The lowest BCUT2D eigenvalue weighted by Crippen LogP contribution is -2.19. The maximum Gasteiger partial charge on any atom is 0.133 e. The second-order valence-corrected chi connectivity index (χ2v) is 2.37. The van der Waals surface area contributed by atoms with Gasteiger partial charge >= 0.3 is 0 Å². The quantitative estimate of drug-likeness (QED) is 0.527. The number of alkyl halides is 2. The van der Waals surface area contributed by atoms with Crippen LogP contribution in [0.15, 0.2) is 0 Å². The van der Waals surface area contributed by atoms with Crippen LogP contribution in [0.25, 0.3) is 0 Å². The van der Waals surface area contributed by atoms with Crippen LogP contribution in [-0.4, -0.2) is 12.3 Å². The summed E-state index contributed by atoms with van der Waals surface area (Å²) in [7, 11) is 0. The average molecular weight is 122 g/mol. The fraction of sp³-hybridized carbons (Fsp3) is 1.00. The zero-order chi connectivity index (χ0) is 6.73. The Morgan fingerprint density at radius 1 is 1.00 bits per heavy atom. The highest BCUT2D eigenvalue weighted by Crippen LogP contribution is 2.12. The van der Waals surface area contributed by atoms with Crippen LogP contribution in [0, 0.1) is 5.92 Å². The van der Waals surface area contributed by atoms with E-state index < -0.39 is 12.3 Å². The highest BCUT2D eigenvalue weighted by molar-refractivity contribution is 4.65. The Hall–Kier alpha value is -0.140. The Kier molecular flexibility index (Phi) is 2.95. The zero-order valence-electron chi connectivity index (χ0n) is 5.49. The largest absolute Gasteiger partial charge is 0.245 e. The molecule has 0 N–H and O–H groups in total. The van der Waals surface area contributed by atoms with Crippen LogP contribution in [0.4, 0.5) is 8.78 Å². The topological polar surface area (TPSA) is 0 Å². The molecule has 8 heavy (non-hydrogen) atoms. The molecule has 0 radical (unpaired) electrons. The first-order valence-electron chi connectivity index (χ1n) is 2.84. The third-order valence-electron chi connectivity index (χ3n) is 1.08. The fourth-order valence-corrected chi connectivity index (χ4v) is 0.530. The van der Waals surface area contributed by atoms with Gasteiger partial charge < -0.3 is 0 Å². The molecule has 2 atom stereocenters. The SMILES string of the molecule is CC(C)[C@H](F)[C@@H](C)F. The Morgan fingerprint density at radius 2 is 1.38 bits per heavy atom. The maximum atomic E-state index is 12.3. The molecule has 0 bridgehead atoms. The van der Waals surface area contributed by atoms with Crippen molar-refractivity contribution >= 4 is 0 Å². The molecular formula is C6H12F2. The van der Waals surface area contributed by atoms with Gasteiger partial charge in [0.15, 0.2) is 0 Å². The molecule has 0 nitrogen and oxygen atoms in total. The molecule has 0 rings (SSSR count). The summed E-state index contributed by atoms with van der Waals surface area (Å²) in [6, 6.07) is 0. The molecule has 0 fully saturated rings. The third kappa shape index (κ3) is 2.24. The number of halogens is 2. The first kappa shape index (κ1) is 7.86. The summed E-state index contributed by atoms with van der Waals surface area (Å²) in [6.07, 6.45) is -2.62. The summed E-state index contributed by atoms with van der Waals surface area (Å²) in [5.41, 5.74) is 0. The van der Waals surface area contributed by atoms with Crippen LogP contribution in [0.5, 0.6) is 0 Å². The summed E-state index contributed by atoms with van der Waals surface area (Å²) in [5.74, 6) is -0.199. The van der Waals surface area contributed by atoms with E-state index in [1.807, 2.05) is 0 Å². The molecule has 0 heterocycles. The molecule has 50 valence electrons. The zero-order valence-corrected chi connectivity index (χ0v) is 5.49. The van der Waals surface area contributed by atoms with Gasteiger partial charge in [-0.15, -0.1) is 0 Å². The molecule has 0 saturated carbocycles. The minimum atomic E-state index is -1.32. The molecule has 0 unspecified atom stereocenters. The van der Waals surface area contributed by atoms with Crippen molar-refractivity contribution in [3.05, 3.63) is 0 Å². The Morgan fingerprint density at radius 3 is 1.38 bits per heavy atom. The van der Waals surface area contributed by atoms with Gasteiger partial charge in [0.25, 0.3) is 0 Å². The van der Waals surface area contributed by atoms with Crippen LogP contribution in [-0.2, 0) is 0 Å². The Balaban J connectivity index is 3.46.